The number of rotatable bonds is 2. The molecule has 0 aliphatic heterocycles. The van der Waals surface area contributed by atoms with Gasteiger partial charge in [0.25, 0.3) is 0 Å². The number of fused-ring (bicyclic) bond motifs is 1. The number of carbonyl (C=O) groups excluding carboxylic acids is 1. The van der Waals surface area contributed by atoms with Crippen molar-refractivity contribution in [3.8, 4) is 5.69 Å². The first-order chi connectivity index (χ1) is 11.3. The van der Waals surface area contributed by atoms with Gasteiger partial charge in [-0.3, -0.25) is 0 Å². The number of hydrogen-bond donors (Lipinski definition) is 1. The molecule has 0 saturated heterocycles. The maximum absolute atomic E-state index is 12.5. The molecule has 0 aliphatic rings. The molecule has 0 unspecified atom stereocenters. The summed E-state index contributed by atoms with van der Waals surface area (Å²) in [7, 11) is 0. The fourth-order valence-corrected chi connectivity index (χ4v) is 4.34. The molecular weight excluding hydrogens is 371 g/mol. The van der Waals surface area contributed by atoms with Gasteiger partial charge in [-0.2, -0.15) is 0 Å². The number of anilines is 1. The average Bonchev–Trinajstić information content (AvgIpc) is 2.84. The average molecular weight is 389 g/mol. The third-order valence-electron chi connectivity index (χ3n) is 3.24. The molecule has 3 aromatic rings. The van der Waals surface area contributed by atoms with Crippen LogP contribution in [-0.2, 0) is 4.74 Å². The van der Waals surface area contributed by atoms with Gasteiger partial charge in [0.2, 0.25) is 0 Å². The molecule has 0 aliphatic carbocycles. The second-order valence-corrected chi connectivity index (χ2v) is 8.43. The van der Waals surface area contributed by atoms with E-state index in [-0.39, 0.29) is 20.3 Å². The minimum atomic E-state index is -0.541. The van der Waals surface area contributed by atoms with Crippen LogP contribution in [0.1, 0.15) is 20.8 Å². The van der Waals surface area contributed by atoms with Crippen LogP contribution < -0.4 is 10.9 Å². The molecule has 1 amide bonds. The van der Waals surface area contributed by atoms with E-state index in [0.717, 1.165) is 15.3 Å². The summed E-state index contributed by atoms with van der Waals surface area (Å²) in [5, 5.41) is 3.46. The first-order valence-corrected chi connectivity index (χ1v) is 9.17. The predicted molar refractivity (Wildman–Crippen MR) is 96.3 cm³/mol. The number of ether oxygens (including phenoxy) is 1. The Labute approximate surface area is 145 Å². The number of hydrogen-bond acceptors (Lipinski definition) is 3. The zero-order valence-electron chi connectivity index (χ0n) is 13.7. The van der Waals surface area contributed by atoms with Crippen molar-refractivity contribution in [1.29, 1.82) is 0 Å². The Morgan fingerprint density at radius 1 is 1.08 bits per heavy atom. The summed E-state index contributed by atoms with van der Waals surface area (Å²) in [6.07, 6.45) is -0.496. The van der Waals surface area contributed by atoms with Crippen LogP contribution in [0.2, 0.25) is 0 Å². The maximum atomic E-state index is 12.5. The second-order valence-electron chi connectivity index (χ2n) is 6.36. The van der Waals surface area contributed by atoms with Crippen molar-refractivity contribution >= 4 is 36.2 Å². The molecule has 6 heteroatoms. The van der Waals surface area contributed by atoms with Crippen LogP contribution in [0, 0.1) is 0 Å². The molecule has 124 valence electrons. The molecule has 0 atom stereocenters. The van der Waals surface area contributed by atoms with Crippen LogP contribution in [0.15, 0.2) is 53.3 Å². The number of nitrogens with one attached hydrogen (secondary N) is 1. The molecule has 1 aromatic heterocycles. The molecule has 0 radical (unpaired) electrons. The van der Waals surface area contributed by atoms with E-state index in [1.165, 1.54) is 0 Å². The molecule has 2 aromatic carbocycles. The van der Waals surface area contributed by atoms with Gasteiger partial charge in [0, 0.05) is 0 Å². The van der Waals surface area contributed by atoms with Crippen LogP contribution in [0.5, 0.6) is 0 Å². The van der Waals surface area contributed by atoms with Gasteiger partial charge in [-0.15, -0.1) is 0 Å². The van der Waals surface area contributed by atoms with E-state index in [4.69, 9.17) is 4.74 Å². The van der Waals surface area contributed by atoms with Gasteiger partial charge in [-0.1, -0.05) is 0 Å². The summed E-state index contributed by atoms with van der Waals surface area (Å²) >= 11 is -0.0617. The quantitative estimate of drug-likeness (QED) is 0.684. The zero-order valence-corrected chi connectivity index (χ0v) is 15.4. The first-order valence-electron chi connectivity index (χ1n) is 7.55. The van der Waals surface area contributed by atoms with Crippen LogP contribution in [0.25, 0.3) is 15.3 Å². The topological polar surface area (TPSA) is 60.3 Å². The summed E-state index contributed by atoms with van der Waals surface area (Å²) in [6, 6.07) is 14.9. The summed E-state index contributed by atoms with van der Waals surface area (Å²) in [6.45, 7) is 5.44. The molecule has 0 fully saturated rings. The summed E-state index contributed by atoms with van der Waals surface area (Å²) in [4.78, 5) is 24.2. The van der Waals surface area contributed by atoms with Crippen molar-refractivity contribution in [1.82, 2.24) is 3.56 Å². The summed E-state index contributed by atoms with van der Waals surface area (Å²) in [5.41, 5.74) is 0.939. The van der Waals surface area contributed by atoms with E-state index in [9.17, 15) is 9.59 Å². The Morgan fingerprint density at radius 2 is 1.75 bits per heavy atom. The Bertz CT molecular complexity index is 933. The van der Waals surface area contributed by atoms with Gasteiger partial charge in [0.05, 0.1) is 0 Å². The van der Waals surface area contributed by atoms with Crippen molar-refractivity contribution in [2.24, 2.45) is 0 Å². The molecule has 0 saturated carbocycles. The van der Waals surface area contributed by atoms with E-state index in [1.54, 1.807) is 15.7 Å². The molecule has 0 spiro atoms. The minimum absolute atomic E-state index is 0.0263. The number of benzene rings is 2. The van der Waals surface area contributed by atoms with Gasteiger partial charge in [0.1, 0.15) is 0 Å². The van der Waals surface area contributed by atoms with Crippen LogP contribution in [0.3, 0.4) is 0 Å². The van der Waals surface area contributed by atoms with Crippen LogP contribution in [-0.4, -0.2) is 30.0 Å². The third kappa shape index (κ3) is 3.61. The van der Waals surface area contributed by atoms with Gasteiger partial charge in [0.15, 0.2) is 0 Å². The molecule has 24 heavy (non-hydrogen) atoms. The molecule has 1 N–H and O–H groups in total. The SMILES string of the molecule is CC(C)(C)OC(=O)Nc1ccc(-n2[se]c3ccccc3c2=O)cc1. The van der Waals surface area contributed by atoms with Crippen LogP contribution >= 0.6 is 0 Å². The Balaban J connectivity index is 1.83. The standard InChI is InChI=1S/C18H18N2O3Se/c1-18(2,3)23-17(22)19-12-8-10-13(11-9-12)20-16(21)14-6-4-5-7-15(14)24-20/h4-11H,1-3H3,(H,19,22). The van der Waals surface area contributed by atoms with Crippen molar-refractivity contribution in [3.05, 3.63) is 58.9 Å². The fraction of sp³-hybridized carbons (Fsp3) is 0.222. The van der Waals surface area contributed by atoms with Gasteiger partial charge < -0.3 is 0 Å². The molecule has 0 bridgehead atoms. The van der Waals surface area contributed by atoms with Gasteiger partial charge in [-0.05, 0) is 0 Å². The normalized spacial score (nSPS) is 11.5. The van der Waals surface area contributed by atoms with Crippen molar-refractivity contribution in [2.45, 2.75) is 26.4 Å². The molecule has 5 nitrogen and oxygen atoms in total. The molecule has 3 rings (SSSR count). The first kappa shape index (κ1) is 16.6. The van der Waals surface area contributed by atoms with Crippen molar-refractivity contribution < 1.29 is 9.53 Å². The fourth-order valence-electron chi connectivity index (χ4n) is 2.24. The predicted octanol–water partition coefficient (Wildman–Crippen LogP) is 3.39. The number of nitrogens with zero attached hydrogens (tertiary/aromatic N) is 1. The van der Waals surface area contributed by atoms with Crippen molar-refractivity contribution in [3.63, 3.8) is 0 Å². The van der Waals surface area contributed by atoms with E-state index in [0.29, 0.717) is 5.69 Å². The summed E-state index contributed by atoms with van der Waals surface area (Å²) < 4.78 is 8.10. The number of aromatic nitrogens is 1. The van der Waals surface area contributed by atoms with E-state index in [2.05, 4.69) is 5.32 Å². The van der Waals surface area contributed by atoms with E-state index >= 15 is 0 Å². The molecular formula is C18H18N2O3Se. The molecule has 1 heterocycles. The van der Waals surface area contributed by atoms with E-state index < -0.39 is 11.7 Å². The third-order valence-corrected chi connectivity index (χ3v) is 5.57. The monoisotopic (exact) mass is 390 g/mol. The van der Waals surface area contributed by atoms with Gasteiger partial charge >= 0.3 is 146 Å². The Hall–Kier alpha value is -2.30. The Morgan fingerprint density at radius 3 is 2.38 bits per heavy atom. The summed E-state index contributed by atoms with van der Waals surface area (Å²) in [5.74, 6) is 0. The number of carbonyl (C=O) groups is 1. The second kappa shape index (κ2) is 6.30. The van der Waals surface area contributed by atoms with Gasteiger partial charge in [-0.25, -0.2) is 0 Å². The number of amides is 1. The van der Waals surface area contributed by atoms with Crippen LogP contribution in [0.4, 0.5) is 10.5 Å². The Kier molecular flexibility index (Phi) is 4.35. The van der Waals surface area contributed by atoms with Crippen molar-refractivity contribution in [2.75, 3.05) is 5.32 Å². The van der Waals surface area contributed by atoms with E-state index in [1.807, 2.05) is 57.2 Å². The zero-order chi connectivity index (χ0) is 17.3.